The molecule has 0 aliphatic carbocycles. The maximum absolute atomic E-state index is 4.18. The van der Waals surface area contributed by atoms with E-state index in [0.717, 1.165) is 12.2 Å². The number of halogens is 1. The van der Waals surface area contributed by atoms with E-state index in [0.29, 0.717) is 0 Å². The molecule has 21 heavy (non-hydrogen) atoms. The van der Waals surface area contributed by atoms with Crippen molar-refractivity contribution in [2.45, 2.75) is 20.4 Å². The highest BCUT2D eigenvalue weighted by Gasteiger charge is 2.04. The van der Waals surface area contributed by atoms with Crippen molar-refractivity contribution in [3.05, 3.63) is 70.0 Å². The molecule has 0 fully saturated rings. The fourth-order valence-corrected chi connectivity index (χ4v) is 2.82. The lowest BCUT2D eigenvalue weighted by Crippen LogP contribution is -2.01. The second-order valence-electron chi connectivity index (χ2n) is 5.29. The maximum Gasteiger partial charge on any atom is 0.0406 e. The van der Waals surface area contributed by atoms with Crippen LogP contribution in [0, 0.1) is 13.8 Å². The first kappa shape index (κ1) is 14.1. The van der Waals surface area contributed by atoms with Crippen LogP contribution in [0.4, 0.5) is 5.69 Å². The summed E-state index contributed by atoms with van der Waals surface area (Å²) in [6.07, 6.45) is 3.76. The summed E-state index contributed by atoms with van der Waals surface area (Å²) in [7, 11) is 0. The molecule has 0 radical (unpaired) electrons. The first-order chi connectivity index (χ1) is 10.1. The summed E-state index contributed by atoms with van der Waals surface area (Å²) in [5.41, 5.74) is 4.94. The Labute approximate surface area is 133 Å². The van der Waals surface area contributed by atoms with Crippen molar-refractivity contribution in [3.8, 4) is 0 Å². The SMILES string of the molecule is Cc1cc(NCc2cccc3cnccc23)cc(C)c1Br. The van der Waals surface area contributed by atoms with Gasteiger partial charge in [0.05, 0.1) is 0 Å². The summed E-state index contributed by atoms with van der Waals surface area (Å²) >= 11 is 3.61. The molecule has 2 nitrogen and oxygen atoms in total. The van der Waals surface area contributed by atoms with E-state index in [1.807, 2.05) is 12.4 Å². The van der Waals surface area contributed by atoms with Gasteiger partial charge in [-0.25, -0.2) is 0 Å². The topological polar surface area (TPSA) is 24.9 Å². The molecule has 1 aromatic heterocycles. The third-order valence-electron chi connectivity index (χ3n) is 3.69. The van der Waals surface area contributed by atoms with Gasteiger partial charge in [0.1, 0.15) is 0 Å². The summed E-state index contributed by atoms with van der Waals surface area (Å²) in [5, 5.41) is 5.96. The van der Waals surface area contributed by atoms with Gasteiger partial charge >= 0.3 is 0 Å². The zero-order valence-electron chi connectivity index (χ0n) is 12.2. The van der Waals surface area contributed by atoms with E-state index in [1.165, 1.54) is 31.9 Å². The molecule has 0 spiro atoms. The Balaban J connectivity index is 1.87. The highest BCUT2D eigenvalue weighted by atomic mass is 79.9. The molecule has 0 bridgehead atoms. The Morgan fingerprint density at radius 1 is 1.10 bits per heavy atom. The lowest BCUT2D eigenvalue weighted by atomic mass is 10.1. The van der Waals surface area contributed by atoms with Gasteiger partial charge in [0.2, 0.25) is 0 Å². The van der Waals surface area contributed by atoms with Crippen LogP contribution in [0.15, 0.2) is 53.3 Å². The molecule has 1 N–H and O–H groups in total. The zero-order chi connectivity index (χ0) is 14.8. The molecule has 0 saturated heterocycles. The zero-order valence-corrected chi connectivity index (χ0v) is 13.7. The Morgan fingerprint density at radius 2 is 1.86 bits per heavy atom. The van der Waals surface area contributed by atoms with E-state index >= 15 is 0 Å². The highest BCUT2D eigenvalue weighted by molar-refractivity contribution is 9.10. The van der Waals surface area contributed by atoms with Crippen molar-refractivity contribution >= 4 is 32.4 Å². The number of hydrogen-bond acceptors (Lipinski definition) is 2. The van der Waals surface area contributed by atoms with Gasteiger partial charge in [0.15, 0.2) is 0 Å². The normalized spacial score (nSPS) is 10.8. The average molecular weight is 341 g/mol. The van der Waals surface area contributed by atoms with Crippen molar-refractivity contribution < 1.29 is 0 Å². The molecule has 1 heterocycles. The molecule has 3 heteroatoms. The predicted molar refractivity (Wildman–Crippen MR) is 92.7 cm³/mol. The van der Waals surface area contributed by atoms with E-state index in [2.05, 4.69) is 76.5 Å². The summed E-state index contributed by atoms with van der Waals surface area (Å²) in [6, 6.07) is 12.8. The van der Waals surface area contributed by atoms with Crippen LogP contribution < -0.4 is 5.32 Å². The monoisotopic (exact) mass is 340 g/mol. The number of nitrogens with zero attached hydrogens (tertiary/aromatic N) is 1. The van der Waals surface area contributed by atoms with Crippen LogP contribution in [-0.2, 0) is 6.54 Å². The highest BCUT2D eigenvalue weighted by Crippen LogP contribution is 2.26. The van der Waals surface area contributed by atoms with Gasteiger partial charge in [-0.3, -0.25) is 4.98 Å². The Bertz CT molecular complexity index is 768. The summed E-state index contributed by atoms with van der Waals surface area (Å²) in [5.74, 6) is 0. The Hall–Kier alpha value is -1.87. The number of aromatic nitrogens is 1. The summed E-state index contributed by atoms with van der Waals surface area (Å²) in [6.45, 7) is 5.04. The van der Waals surface area contributed by atoms with Gasteiger partial charge in [-0.05, 0) is 54.1 Å². The molecule has 0 aliphatic rings. The van der Waals surface area contributed by atoms with Crippen molar-refractivity contribution in [2.24, 2.45) is 0 Å². The summed E-state index contributed by atoms with van der Waals surface area (Å²) < 4.78 is 1.18. The van der Waals surface area contributed by atoms with Crippen molar-refractivity contribution in [1.29, 1.82) is 0 Å². The maximum atomic E-state index is 4.18. The van der Waals surface area contributed by atoms with Gasteiger partial charge in [0.25, 0.3) is 0 Å². The van der Waals surface area contributed by atoms with Crippen LogP contribution in [-0.4, -0.2) is 4.98 Å². The lowest BCUT2D eigenvalue weighted by Gasteiger charge is -2.12. The molecule has 3 aromatic rings. The van der Waals surface area contributed by atoms with Gasteiger partial charge in [-0.1, -0.05) is 34.1 Å². The van der Waals surface area contributed by atoms with Crippen LogP contribution in [0.5, 0.6) is 0 Å². The van der Waals surface area contributed by atoms with E-state index in [4.69, 9.17) is 0 Å². The molecule has 0 atom stereocenters. The molecular weight excluding hydrogens is 324 g/mol. The minimum atomic E-state index is 0.807. The third-order valence-corrected chi connectivity index (χ3v) is 4.94. The second kappa shape index (κ2) is 5.86. The van der Waals surface area contributed by atoms with Gasteiger partial charge in [-0.2, -0.15) is 0 Å². The smallest absolute Gasteiger partial charge is 0.0406 e. The van der Waals surface area contributed by atoms with Crippen LogP contribution in [0.3, 0.4) is 0 Å². The van der Waals surface area contributed by atoms with Gasteiger partial charge < -0.3 is 5.32 Å². The van der Waals surface area contributed by atoms with E-state index in [-0.39, 0.29) is 0 Å². The van der Waals surface area contributed by atoms with E-state index in [9.17, 15) is 0 Å². The number of nitrogens with one attached hydrogen (secondary N) is 1. The van der Waals surface area contributed by atoms with Crippen LogP contribution in [0.1, 0.15) is 16.7 Å². The van der Waals surface area contributed by atoms with E-state index in [1.54, 1.807) is 0 Å². The number of aryl methyl sites for hydroxylation is 2. The minimum Gasteiger partial charge on any atom is -0.381 e. The van der Waals surface area contributed by atoms with Crippen molar-refractivity contribution in [1.82, 2.24) is 4.98 Å². The molecular formula is C18H17BrN2. The average Bonchev–Trinajstić information content (AvgIpc) is 2.50. The van der Waals surface area contributed by atoms with Gasteiger partial charge in [-0.15, -0.1) is 0 Å². The number of hydrogen-bond donors (Lipinski definition) is 1. The first-order valence-electron chi connectivity index (χ1n) is 6.97. The number of rotatable bonds is 3. The standard InChI is InChI=1S/C18H17BrN2/c1-12-8-16(9-13(2)18(12)19)21-11-15-5-3-4-14-10-20-7-6-17(14)15/h3-10,21H,11H2,1-2H3. The fraction of sp³-hybridized carbons (Fsp3) is 0.167. The number of benzene rings is 2. The Kier molecular flexibility index (Phi) is 3.93. The molecule has 0 aliphatic heterocycles. The quantitative estimate of drug-likeness (QED) is 0.706. The van der Waals surface area contributed by atoms with Gasteiger partial charge in [0, 0.05) is 34.5 Å². The van der Waals surface area contributed by atoms with Crippen molar-refractivity contribution in [2.75, 3.05) is 5.32 Å². The predicted octanol–water partition coefficient (Wildman–Crippen LogP) is 5.23. The van der Waals surface area contributed by atoms with E-state index < -0.39 is 0 Å². The lowest BCUT2D eigenvalue weighted by molar-refractivity contribution is 1.16. The molecule has 0 unspecified atom stereocenters. The fourth-order valence-electron chi connectivity index (χ4n) is 2.59. The van der Waals surface area contributed by atoms with Crippen LogP contribution >= 0.6 is 15.9 Å². The largest absolute Gasteiger partial charge is 0.381 e. The second-order valence-corrected chi connectivity index (χ2v) is 6.08. The number of fused-ring (bicyclic) bond motifs is 1. The third kappa shape index (κ3) is 2.93. The molecule has 2 aromatic carbocycles. The molecule has 106 valence electrons. The Morgan fingerprint density at radius 3 is 2.62 bits per heavy atom. The number of anilines is 1. The minimum absolute atomic E-state index is 0.807. The first-order valence-corrected chi connectivity index (χ1v) is 7.76. The molecule has 3 rings (SSSR count). The van der Waals surface area contributed by atoms with Crippen molar-refractivity contribution in [3.63, 3.8) is 0 Å². The molecule has 0 saturated carbocycles. The van der Waals surface area contributed by atoms with Crippen LogP contribution in [0.25, 0.3) is 10.8 Å². The number of pyridine rings is 1. The van der Waals surface area contributed by atoms with Crippen LogP contribution in [0.2, 0.25) is 0 Å². The molecule has 0 amide bonds. The summed E-state index contributed by atoms with van der Waals surface area (Å²) in [4.78, 5) is 4.18.